The molecule has 1 fully saturated rings. The quantitative estimate of drug-likeness (QED) is 0.827. The van der Waals surface area contributed by atoms with Crippen LogP contribution in [0.4, 0.5) is 13.2 Å². The molecule has 25 heavy (non-hydrogen) atoms. The van der Waals surface area contributed by atoms with Crippen LogP contribution < -0.4 is 5.32 Å². The molecular formula is C17H16F3N3O2. The first-order valence-electron chi connectivity index (χ1n) is 7.77. The van der Waals surface area contributed by atoms with Gasteiger partial charge in [0.05, 0.1) is 0 Å². The molecule has 0 saturated heterocycles. The van der Waals surface area contributed by atoms with Crippen LogP contribution in [0.15, 0.2) is 48.0 Å². The van der Waals surface area contributed by atoms with Crippen molar-refractivity contribution < 1.29 is 22.8 Å². The van der Waals surface area contributed by atoms with Crippen molar-refractivity contribution in [2.45, 2.75) is 24.7 Å². The van der Waals surface area contributed by atoms with Crippen LogP contribution in [-0.2, 0) is 9.59 Å². The molecule has 1 saturated carbocycles. The second-order valence-electron chi connectivity index (χ2n) is 5.98. The zero-order valence-corrected chi connectivity index (χ0v) is 13.2. The monoisotopic (exact) mass is 351 g/mol. The second kappa shape index (κ2) is 6.02. The number of nitrogens with one attached hydrogen (secondary N) is 1. The van der Waals surface area contributed by atoms with E-state index >= 15 is 0 Å². The first kappa shape index (κ1) is 17.2. The maximum Gasteiger partial charge on any atom is 0.442 e. The Morgan fingerprint density at radius 3 is 2.52 bits per heavy atom. The second-order valence-corrected chi connectivity index (χ2v) is 5.98. The van der Waals surface area contributed by atoms with Crippen LogP contribution in [0.5, 0.6) is 0 Å². The molecule has 1 heterocycles. The number of hydrogen-bond donors (Lipinski definition) is 1. The molecule has 1 atom stereocenters. The summed E-state index contributed by atoms with van der Waals surface area (Å²) >= 11 is 0. The summed E-state index contributed by atoms with van der Waals surface area (Å²) in [4.78, 5) is 29.2. The summed E-state index contributed by atoms with van der Waals surface area (Å²) in [5.74, 6) is -2.76. The van der Waals surface area contributed by atoms with Gasteiger partial charge in [-0.3, -0.25) is 14.5 Å². The van der Waals surface area contributed by atoms with E-state index in [0.29, 0.717) is 18.4 Å². The summed E-state index contributed by atoms with van der Waals surface area (Å²) in [5, 5.41) is 1.86. The Morgan fingerprint density at radius 2 is 2.00 bits per heavy atom. The number of amides is 2. The van der Waals surface area contributed by atoms with Crippen molar-refractivity contribution >= 4 is 17.6 Å². The Balaban J connectivity index is 2.09. The molecule has 1 aromatic carbocycles. The van der Waals surface area contributed by atoms with Crippen LogP contribution in [0.25, 0.3) is 0 Å². The zero-order chi connectivity index (χ0) is 18.2. The van der Waals surface area contributed by atoms with E-state index < -0.39 is 29.6 Å². The number of benzene rings is 1. The highest BCUT2D eigenvalue weighted by atomic mass is 19.4. The van der Waals surface area contributed by atoms with Gasteiger partial charge in [-0.05, 0) is 12.8 Å². The highest BCUT2D eigenvalue weighted by molar-refractivity contribution is 6.16. The van der Waals surface area contributed by atoms with E-state index in [9.17, 15) is 22.8 Å². The molecule has 132 valence electrons. The van der Waals surface area contributed by atoms with Crippen LogP contribution in [0, 0.1) is 5.92 Å². The number of amidine groups is 1. The average molecular weight is 351 g/mol. The predicted molar refractivity (Wildman–Crippen MR) is 84.5 cm³/mol. The summed E-state index contributed by atoms with van der Waals surface area (Å²) < 4.78 is 41.5. The fraction of sp³-hybridized carbons (Fsp3) is 0.353. The molecule has 0 aromatic heterocycles. The molecule has 0 unspecified atom stereocenters. The van der Waals surface area contributed by atoms with Gasteiger partial charge in [0.1, 0.15) is 5.84 Å². The van der Waals surface area contributed by atoms with Gasteiger partial charge in [0.25, 0.3) is 5.91 Å². The van der Waals surface area contributed by atoms with Gasteiger partial charge in [-0.1, -0.05) is 36.4 Å². The number of nitrogens with zero attached hydrogens (tertiary/aromatic N) is 2. The molecule has 2 aliphatic rings. The van der Waals surface area contributed by atoms with Gasteiger partial charge in [-0.25, -0.2) is 4.99 Å². The molecule has 0 radical (unpaired) electrons. The Morgan fingerprint density at radius 1 is 1.36 bits per heavy atom. The van der Waals surface area contributed by atoms with Crippen LogP contribution in [0.3, 0.4) is 0 Å². The minimum absolute atomic E-state index is 0.140. The molecule has 5 nitrogen and oxygen atoms in total. The van der Waals surface area contributed by atoms with Gasteiger partial charge in [-0.15, -0.1) is 6.58 Å². The molecule has 1 aliphatic carbocycles. The third-order valence-electron chi connectivity index (χ3n) is 4.09. The number of rotatable bonds is 5. The van der Waals surface area contributed by atoms with Gasteiger partial charge >= 0.3 is 11.8 Å². The summed E-state index contributed by atoms with van der Waals surface area (Å²) in [6, 6.07) is 8.06. The highest BCUT2D eigenvalue weighted by Crippen LogP contribution is 2.40. The van der Waals surface area contributed by atoms with Crippen molar-refractivity contribution in [1.29, 1.82) is 0 Å². The summed E-state index contributed by atoms with van der Waals surface area (Å²) in [5.41, 5.74) is -2.94. The Kier molecular flexibility index (Phi) is 4.14. The fourth-order valence-corrected chi connectivity index (χ4v) is 2.63. The average Bonchev–Trinajstić information content (AvgIpc) is 3.37. The normalized spacial score (nSPS) is 23.4. The van der Waals surface area contributed by atoms with Crippen molar-refractivity contribution in [1.82, 2.24) is 10.2 Å². The Labute approximate surface area is 142 Å². The van der Waals surface area contributed by atoms with E-state index in [0.717, 1.165) is 4.90 Å². The summed E-state index contributed by atoms with van der Waals surface area (Å²) in [7, 11) is 0. The molecule has 1 N–H and O–H groups in total. The van der Waals surface area contributed by atoms with Gasteiger partial charge in [0, 0.05) is 18.0 Å². The van der Waals surface area contributed by atoms with Gasteiger partial charge in [-0.2, -0.15) is 13.2 Å². The largest absolute Gasteiger partial charge is 0.442 e. The first-order valence-corrected chi connectivity index (χ1v) is 7.77. The molecule has 8 heteroatoms. The van der Waals surface area contributed by atoms with Crippen LogP contribution in [-0.4, -0.2) is 40.9 Å². The third kappa shape index (κ3) is 2.92. The van der Waals surface area contributed by atoms with Crippen LogP contribution in [0.2, 0.25) is 0 Å². The third-order valence-corrected chi connectivity index (χ3v) is 4.09. The number of carbonyl (C=O) groups excluding carboxylic acids is 2. The lowest BCUT2D eigenvalue weighted by Gasteiger charge is -2.28. The van der Waals surface area contributed by atoms with E-state index in [4.69, 9.17) is 0 Å². The molecule has 2 amide bonds. The number of hydrogen-bond acceptors (Lipinski definition) is 3. The van der Waals surface area contributed by atoms with E-state index in [2.05, 4.69) is 11.6 Å². The van der Waals surface area contributed by atoms with Crippen molar-refractivity contribution in [2.75, 3.05) is 6.54 Å². The maximum atomic E-state index is 13.8. The van der Waals surface area contributed by atoms with E-state index in [1.54, 1.807) is 30.3 Å². The van der Waals surface area contributed by atoms with Crippen molar-refractivity contribution in [3.05, 3.63) is 48.6 Å². The summed E-state index contributed by atoms with van der Waals surface area (Å²) in [6.45, 7) is 3.33. The van der Waals surface area contributed by atoms with Crippen LogP contribution in [0.1, 0.15) is 18.4 Å². The number of aliphatic imine (C=N–C) groups is 1. The number of carbonyl (C=O) groups is 2. The smallest absolute Gasteiger partial charge is 0.316 e. The Bertz CT molecular complexity index is 741. The minimum Gasteiger partial charge on any atom is -0.316 e. The lowest BCUT2D eigenvalue weighted by Crippen LogP contribution is -2.63. The van der Waals surface area contributed by atoms with E-state index in [1.165, 1.54) is 6.08 Å². The zero-order valence-electron chi connectivity index (χ0n) is 13.2. The summed E-state index contributed by atoms with van der Waals surface area (Å²) in [6.07, 6.45) is -2.73. The highest BCUT2D eigenvalue weighted by Gasteiger charge is 2.67. The fourth-order valence-electron chi connectivity index (χ4n) is 2.63. The van der Waals surface area contributed by atoms with Gasteiger partial charge < -0.3 is 5.32 Å². The van der Waals surface area contributed by atoms with Crippen LogP contribution >= 0.6 is 0 Å². The lowest BCUT2D eigenvalue weighted by molar-refractivity contribution is -0.200. The van der Waals surface area contributed by atoms with Gasteiger partial charge in [0.15, 0.2) is 0 Å². The Hall–Kier alpha value is -2.64. The molecule has 0 spiro atoms. The predicted octanol–water partition coefficient (Wildman–Crippen LogP) is 2.25. The van der Waals surface area contributed by atoms with Crippen molar-refractivity contribution in [3.8, 4) is 0 Å². The van der Waals surface area contributed by atoms with Gasteiger partial charge in [0.2, 0.25) is 5.91 Å². The van der Waals surface area contributed by atoms with E-state index in [1.807, 2.05) is 5.32 Å². The maximum absolute atomic E-state index is 13.8. The first-order chi connectivity index (χ1) is 11.8. The molecule has 3 rings (SSSR count). The lowest BCUT2D eigenvalue weighted by atomic mass is 10.1. The van der Waals surface area contributed by atoms with E-state index in [-0.39, 0.29) is 12.4 Å². The molecule has 1 aromatic rings. The molecule has 1 aliphatic heterocycles. The van der Waals surface area contributed by atoms with Crippen molar-refractivity contribution in [2.24, 2.45) is 10.9 Å². The standard InChI is InChI=1S/C17H16F3N3O2/c1-2-10-23-13(11-6-4-3-5-7-11)21-16(15(23)25,17(18,19)20)22-14(24)12-8-9-12/h2-7,12H,1,8-10H2,(H,22,24)/t16-/m0/s1. The SMILES string of the molecule is C=CCN1C(=O)[C@](NC(=O)C2CC2)(C(F)(F)F)N=C1c1ccccc1. The topological polar surface area (TPSA) is 61.8 Å². The molecule has 0 bridgehead atoms. The van der Waals surface area contributed by atoms with Crippen molar-refractivity contribution in [3.63, 3.8) is 0 Å². The number of halogens is 3. The number of alkyl halides is 3. The minimum atomic E-state index is -5.06. The molecular weight excluding hydrogens is 335 g/mol.